The van der Waals surface area contributed by atoms with Crippen molar-refractivity contribution in [3.8, 4) is 5.75 Å². The van der Waals surface area contributed by atoms with Gasteiger partial charge in [-0.1, -0.05) is 43.3 Å². The number of aryl methyl sites for hydroxylation is 2. The van der Waals surface area contributed by atoms with Crippen LogP contribution in [0, 0.1) is 6.92 Å². The molecule has 0 bridgehead atoms. The van der Waals surface area contributed by atoms with E-state index >= 15 is 0 Å². The summed E-state index contributed by atoms with van der Waals surface area (Å²) in [6.45, 7) is 6.45. The van der Waals surface area contributed by atoms with Crippen molar-refractivity contribution in [1.82, 2.24) is 0 Å². The summed E-state index contributed by atoms with van der Waals surface area (Å²) < 4.78 is 5.88. The summed E-state index contributed by atoms with van der Waals surface area (Å²) in [4.78, 5) is 0. The zero-order valence-electron chi connectivity index (χ0n) is 12.4. The first-order valence-electron chi connectivity index (χ1n) is 7.09. The number of ether oxygens (including phenoxy) is 1. The molecule has 0 amide bonds. The smallest absolute Gasteiger partial charge is 0.125 e. The maximum Gasteiger partial charge on any atom is 0.125 e. The van der Waals surface area contributed by atoms with E-state index in [0.29, 0.717) is 6.61 Å². The van der Waals surface area contributed by atoms with Gasteiger partial charge >= 0.3 is 0 Å². The van der Waals surface area contributed by atoms with Crippen molar-refractivity contribution in [2.24, 2.45) is 0 Å². The molecule has 0 fully saturated rings. The predicted molar refractivity (Wildman–Crippen MR) is 82.0 cm³/mol. The number of aliphatic hydroxyl groups excluding tert-OH is 1. The zero-order chi connectivity index (χ0) is 14.5. The molecular formula is C18H22O2. The topological polar surface area (TPSA) is 29.5 Å². The summed E-state index contributed by atoms with van der Waals surface area (Å²) in [5.41, 5.74) is 4.43. The molecule has 1 N–H and O–H groups in total. The van der Waals surface area contributed by atoms with Gasteiger partial charge in [0.05, 0.1) is 6.10 Å². The second-order valence-corrected chi connectivity index (χ2v) is 5.18. The SMILES string of the molecule is CCc1ccc(COc2cc(C)ccc2C(C)O)cc1. The van der Waals surface area contributed by atoms with Gasteiger partial charge in [-0.3, -0.25) is 0 Å². The number of hydrogen-bond donors (Lipinski definition) is 1. The minimum Gasteiger partial charge on any atom is -0.489 e. The Morgan fingerprint density at radius 3 is 2.30 bits per heavy atom. The second kappa shape index (κ2) is 6.58. The van der Waals surface area contributed by atoms with E-state index in [4.69, 9.17) is 4.74 Å². The van der Waals surface area contributed by atoms with Crippen molar-refractivity contribution in [3.63, 3.8) is 0 Å². The molecule has 2 aromatic carbocycles. The van der Waals surface area contributed by atoms with E-state index in [9.17, 15) is 5.11 Å². The van der Waals surface area contributed by atoms with Crippen molar-refractivity contribution in [2.75, 3.05) is 0 Å². The molecule has 0 saturated heterocycles. The van der Waals surface area contributed by atoms with E-state index in [-0.39, 0.29) is 0 Å². The maximum absolute atomic E-state index is 9.78. The van der Waals surface area contributed by atoms with E-state index < -0.39 is 6.10 Å². The predicted octanol–water partition coefficient (Wildman–Crippen LogP) is 4.19. The Balaban J connectivity index is 2.11. The lowest BCUT2D eigenvalue weighted by atomic mass is 10.1. The fourth-order valence-electron chi connectivity index (χ4n) is 2.14. The third-order valence-corrected chi connectivity index (χ3v) is 3.44. The lowest BCUT2D eigenvalue weighted by molar-refractivity contribution is 0.190. The molecule has 0 aliphatic heterocycles. The highest BCUT2D eigenvalue weighted by atomic mass is 16.5. The van der Waals surface area contributed by atoms with Crippen molar-refractivity contribution in [1.29, 1.82) is 0 Å². The molecule has 0 aliphatic rings. The third kappa shape index (κ3) is 3.61. The highest BCUT2D eigenvalue weighted by Crippen LogP contribution is 2.27. The van der Waals surface area contributed by atoms with Crippen LogP contribution in [-0.2, 0) is 13.0 Å². The Bertz CT molecular complexity index is 556. The molecule has 0 saturated carbocycles. The van der Waals surface area contributed by atoms with Gasteiger partial charge in [0.1, 0.15) is 12.4 Å². The molecule has 0 radical (unpaired) electrons. The molecule has 20 heavy (non-hydrogen) atoms. The molecule has 2 aromatic rings. The standard InChI is InChI=1S/C18H22O2/c1-4-15-6-8-16(9-7-15)12-20-18-11-13(2)5-10-17(18)14(3)19/h5-11,14,19H,4,12H2,1-3H3. The van der Waals surface area contributed by atoms with Gasteiger partial charge in [0.2, 0.25) is 0 Å². The Morgan fingerprint density at radius 1 is 1.05 bits per heavy atom. The normalized spacial score (nSPS) is 12.2. The summed E-state index contributed by atoms with van der Waals surface area (Å²) >= 11 is 0. The van der Waals surface area contributed by atoms with Crippen LogP contribution in [0.5, 0.6) is 5.75 Å². The van der Waals surface area contributed by atoms with Gasteiger partial charge in [-0.05, 0) is 43.0 Å². The van der Waals surface area contributed by atoms with Crippen LogP contribution >= 0.6 is 0 Å². The number of aliphatic hydroxyl groups is 1. The van der Waals surface area contributed by atoms with Crippen molar-refractivity contribution in [3.05, 3.63) is 64.7 Å². The first kappa shape index (κ1) is 14.6. The van der Waals surface area contributed by atoms with E-state index in [2.05, 4.69) is 31.2 Å². The molecule has 0 spiro atoms. The van der Waals surface area contributed by atoms with Crippen LogP contribution in [0.15, 0.2) is 42.5 Å². The van der Waals surface area contributed by atoms with Crippen LogP contribution in [0.4, 0.5) is 0 Å². The first-order chi connectivity index (χ1) is 9.60. The number of rotatable bonds is 5. The number of benzene rings is 2. The second-order valence-electron chi connectivity index (χ2n) is 5.18. The van der Waals surface area contributed by atoms with Gasteiger partial charge in [0.25, 0.3) is 0 Å². The van der Waals surface area contributed by atoms with E-state index in [1.54, 1.807) is 6.92 Å². The Kier molecular flexibility index (Phi) is 4.80. The van der Waals surface area contributed by atoms with Gasteiger partial charge in [0.15, 0.2) is 0 Å². The highest BCUT2D eigenvalue weighted by molar-refractivity contribution is 5.38. The summed E-state index contributed by atoms with van der Waals surface area (Å²) in [7, 11) is 0. The van der Waals surface area contributed by atoms with Crippen LogP contribution in [0.2, 0.25) is 0 Å². The summed E-state index contributed by atoms with van der Waals surface area (Å²) in [5.74, 6) is 0.763. The van der Waals surface area contributed by atoms with E-state index in [1.807, 2.05) is 25.1 Å². The average Bonchev–Trinajstić information content (AvgIpc) is 2.45. The van der Waals surface area contributed by atoms with Crippen LogP contribution in [0.1, 0.15) is 42.2 Å². The van der Waals surface area contributed by atoms with Crippen molar-refractivity contribution < 1.29 is 9.84 Å². The lowest BCUT2D eigenvalue weighted by Crippen LogP contribution is -2.01. The van der Waals surface area contributed by atoms with Gasteiger partial charge in [-0.2, -0.15) is 0 Å². The molecule has 1 atom stereocenters. The quantitative estimate of drug-likeness (QED) is 0.882. The molecular weight excluding hydrogens is 248 g/mol. The molecule has 106 valence electrons. The van der Waals surface area contributed by atoms with Gasteiger partial charge in [0, 0.05) is 5.56 Å². The fourth-order valence-corrected chi connectivity index (χ4v) is 2.14. The molecule has 2 heteroatoms. The fraction of sp³-hybridized carbons (Fsp3) is 0.333. The molecule has 1 unspecified atom stereocenters. The Morgan fingerprint density at radius 2 is 1.70 bits per heavy atom. The van der Waals surface area contributed by atoms with Crippen molar-refractivity contribution >= 4 is 0 Å². The highest BCUT2D eigenvalue weighted by Gasteiger charge is 2.09. The van der Waals surface area contributed by atoms with Crippen LogP contribution in [0.3, 0.4) is 0 Å². The van der Waals surface area contributed by atoms with Gasteiger partial charge in [-0.15, -0.1) is 0 Å². The summed E-state index contributed by atoms with van der Waals surface area (Å²) in [5, 5.41) is 9.78. The largest absolute Gasteiger partial charge is 0.489 e. The summed E-state index contributed by atoms with van der Waals surface area (Å²) in [6, 6.07) is 14.3. The minimum absolute atomic E-state index is 0.520. The van der Waals surface area contributed by atoms with Gasteiger partial charge in [-0.25, -0.2) is 0 Å². The lowest BCUT2D eigenvalue weighted by Gasteiger charge is -2.14. The van der Waals surface area contributed by atoms with E-state index in [0.717, 1.165) is 28.9 Å². The van der Waals surface area contributed by atoms with E-state index in [1.165, 1.54) is 5.56 Å². The Labute approximate surface area is 121 Å². The molecule has 2 nitrogen and oxygen atoms in total. The van der Waals surface area contributed by atoms with Gasteiger partial charge < -0.3 is 9.84 Å². The zero-order valence-corrected chi connectivity index (χ0v) is 12.4. The maximum atomic E-state index is 9.78. The minimum atomic E-state index is -0.520. The van der Waals surface area contributed by atoms with Crippen LogP contribution in [-0.4, -0.2) is 5.11 Å². The first-order valence-corrected chi connectivity index (χ1v) is 7.09. The molecule has 0 heterocycles. The van der Waals surface area contributed by atoms with Crippen LogP contribution in [0.25, 0.3) is 0 Å². The Hall–Kier alpha value is -1.80. The summed E-state index contributed by atoms with van der Waals surface area (Å²) in [6.07, 6.45) is 0.527. The molecule has 0 aliphatic carbocycles. The van der Waals surface area contributed by atoms with Crippen LogP contribution < -0.4 is 4.74 Å². The molecule has 0 aromatic heterocycles. The average molecular weight is 270 g/mol. The number of hydrogen-bond acceptors (Lipinski definition) is 2. The monoisotopic (exact) mass is 270 g/mol. The third-order valence-electron chi connectivity index (χ3n) is 3.44. The molecule has 2 rings (SSSR count). The van der Waals surface area contributed by atoms with Crippen molar-refractivity contribution in [2.45, 2.75) is 39.9 Å².